The Labute approximate surface area is 118 Å². The van der Waals surface area contributed by atoms with Gasteiger partial charge in [-0.1, -0.05) is 27.7 Å². The van der Waals surface area contributed by atoms with E-state index in [2.05, 4.69) is 33.0 Å². The zero-order valence-corrected chi connectivity index (χ0v) is 13.7. The lowest BCUT2D eigenvalue weighted by Gasteiger charge is -2.45. The van der Waals surface area contributed by atoms with Crippen LogP contribution >= 0.6 is 0 Å². The van der Waals surface area contributed by atoms with Gasteiger partial charge in [-0.05, 0) is 50.9 Å². The molecular formula is C16H31NO2. The van der Waals surface area contributed by atoms with E-state index in [1.807, 2.05) is 20.8 Å². The van der Waals surface area contributed by atoms with Crippen molar-refractivity contribution in [2.75, 3.05) is 6.54 Å². The fourth-order valence-corrected chi connectivity index (χ4v) is 3.60. The van der Waals surface area contributed by atoms with Crippen LogP contribution in [0.4, 0.5) is 0 Å². The second kappa shape index (κ2) is 5.43. The average Bonchev–Trinajstić information content (AvgIpc) is 2.06. The Hall–Kier alpha value is -0.570. The van der Waals surface area contributed by atoms with E-state index in [-0.39, 0.29) is 5.97 Å². The molecule has 0 aromatic heterocycles. The van der Waals surface area contributed by atoms with Gasteiger partial charge in [0.15, 0.2) is 0 Å². The molecule has 0 amide bonds. The van der Waals surface area contributed by atoms with Gasteiger partial charge in [0, 0.05) is 6.04 Å². The third-order valence-corrected chi connectivity index (χ3v) is 3.51. The number of esters is 1. The summed E-state index contributed by atoms with van der Waals surface area (Å²) in [7, 11) is 0. The fraction of sp³-hybridized carbons (Fsp3) is 0.938. The molecule has 0 atom stereocenters. The van der Waals surface area contributed by atoms with E-state index in [0.29, 0.717) is 23.4 Å². The number of carbonyl (C=O) groups excluding carboxylic acids is 1. The summed E-state index contributed by atoms with van der Waals surface area (Å²) in [5, 5.41) is 3.38. The summed E-state index contributed by atoms with van der Waals surface area (Å²) in [5.41, 5.74) is 0.282. The third-order valence-electron chi connectivity index (χ3n) is 3.51. The van der Waals surface area contributed by atoms with Crippen molar-refractivity contribution in [1.82, 2.24) is 5.32 Å². The minimum Gasteiger partial charge on any atom is -0.459 e. The Bertz CT molecular complexity index is 310. The molecule has 1 saturated carbocycles. The molecule has 19 heavy (non-hydrogen) atoms. The van der Waals surface area contributed by atoms with Crippen LogP contribution in [-0.4, -0.2) is 24.2 Å². The minimum absolute atomic E-state index is 0.159. The molecule has 3 heteroatoms. The Morgan fingerprint density at radius 1 is 1.16 bits per heavy atom. The molecule has 1 aliphatic carbocycles. The zero-order valence-electron chi connectivity index (χ0n) is 13.7. The predicted octanol–water partition coefficient (Wildman–Crippen LogP) is 3.52. The van der Waals surface area contributed by atoms with Gasteiger partial charge in [-0.3, -0.25) is 4.79 Å². The van der Waals surface area contributed by atoms with Crippen molar-refractivity contribution in [3.05, 3.63) is 0 Å². The highest BCUT2D eigenvalue weighted by Gasteiger charge is 2.38. The Morgan fingerprint density at radius 3 is 2.05 bits per heavy atom. The highest BCUT2D eigenvalue weighted by molar-refractivity contribution is 5.72. The first-order chi connectivity index (χ1) is 8.39. The van der Waals surface area contributed by atoms with Gasteiger partial charge in [0.25, 0.3) is 0 Å². The molecule has 0 radical (unpaired) electrons. The first-order valence-corrected chi connectivity index (χ1v) is 7.34. The molecule has 1 rings (SSSR count). The Kier molecular flexibility index (Phi) is 4.71. The Balaban J connectivity index is 2.47. The summed E-state index contributed by atoms with van der Waals surface area (Å²) < 4.78 is 5.33. The summed E-state index contributed by atoms with van der Waals surface area (Å²) in [6.07, 6.45) is 3.49. The molecule has 0 aromatic rings. The van der Waals surface area contributed by atoms with E-state index >= 15 is 0 Å². The molecule has 1 N–H and O–H groups in total. The third kappa shape index (κ3) is 6.42. The second-order valence-corrected chi connectivity index (χ2v) is 8.58. The lowest BCUT2D eigenvalue weighted by molar-refractivity contribution is -0.154. The van der Waals surface area contributed by atoms with E-state index in [4.69, 9.17) is 4.74 Å². The molecule has 3 nitrogen and oxygen atoms in total. The number of carbonyl (C=O) groups is 1. The maximum atomic E-state index is 11.7. The monoisotopic (exact) mass is 269 g/mol. The van der Waals surface area contributed by atoms with Crippen LogP contribution in [0.5, 0.6) is 0 Å². The van der Waals surface area contributed by atoms with Crippen LogP contribution < -0.4 is 5.32 Å². The molecule has 1 fully saturated rings. The Morgan fingerprint density at radius 2 is 1.63 bits per heavy atom. The molecule has 0 saturated heterocycles. The van der Waals surface area contributed by atoms with Crippen molar-refractivity contribution in [3.8, 4) is 0 Å². The van der Waals surface area contributed by atoms with Crippen molar-refractivity contribution >= 4 is 5.97 Å². The second-order valence-electron chi connectivity index (χ2n) is 8.58. The lowest BCUT2D eigenvalue weighted by Crippen LogP contribution is -2.46. The number of nitrogens with one attached hydrogen (secondary N) is 1. The minimum atomic E-state index is -0.399. The van der Waals surface area contributed by atoms with Crippen LogP contribution in [0, 0.1) is 10.8 Å². The molecule has 0 bridgehead atoms. The van der Waals surface area contributed by atoms with Crippen molar-refractivity contribution < 1.29 is 9.53 Å². The lowest BCUT2D eigenvalue weighted by atomic mass is 9.63. The summed E-state index contributed by atoms with van der Waals surface area (Å²) in [5.74, 6) is -0.159. The average molecular weight is 269 g/mol. The van der Waals surface area contributed by atoms with Gasteiger partial charge in [-0.2, -0.15) is 0 Å². The number of hydrogen-bond donors (Lipinski definition) is 1. The van der Waals surface area contributed by atoms with E-state index in [9.17, 15) is 4.79 Å². The number of hydrogen-bond acceptors (Lipinski definition) is 3. The molecular weight excluding hydrogens is 238 g/mol. The van der Waals surface area contributed by atoms with E-state index < -0.39 is 5.60 Å². The van der Waals surface area contributed by atoms with Crippen LogP contribution in [0.25, 0.3) is 0 Å². The standard InChI is InChI=1S/C16H31NO2/c1-14(2,3)19-13(18)10-17-12-8-15(4,5)11-16(6,7)9-12/h12,17H,8-11H2,1-7H3. The highest BCUT2D eigenvalue weighted by atomic mass is 16.6. The predicted molar refractivity (Wildman–Crippen MR) is 79.0 cm³/mol. The first-order valence-electron chi connectivity index (χ1n) is 7.34. The summed E-state index contributed by atoms with van der Waals surface area (Å²) >= 11 is 0. The van der Waals surface area contributed by atoms with Crippen LogP contribution in [0.15, 0.2) is 0 Å². The quantitative estimate of drug-likeness (QED) is 0.797. The summed E-state index contributed by atoms with van der Waals surface area (Å²) in [6, 6.07) is 0.409. The smallest absolute Gasteiger partial charge is 0.320 e. The molecule has 1 aliphatic rings. The highest BCUT2D eigenvalue weighted by Crippen LogP contribution is 2.45. The van der Waals surface area contributed by atoms with E-state index in [1.165, 1.54) is 6.42 Å². The van der Waals surface area contributed by atoms with Gasteiger partial charge in [-0.25, -0.2) is 0 Å². The number of rotatable bonds is 3. The van der Waals surface area contributed by atoms with E-state index in [0.717, 1.165) is 12.8 Å². The van der Waals surface area contributed by atoms with Crippen LogP contribution in [0.1, 0.15) is 67.7 Å². The van der Waals surface area contributed by atoms with Gasteiger partial charge in [0.05, 0.1) is 6.54 Å². The fourth-order valence-electron chi connectivity index (χ4n) is 3.60. The van der Waals surface area contributed by atoms with Gasteiger partial charge in [-0.15, -0.1) is 0 Å². The van der Waals surface area contributed by atoms with Gasteiger partial charge in [0.2, 0.25) is 0 Å². The summed E-state index contributed by atoms with van der Waals surface area (Å²) in [6.45, 7) is 15.3. The summed E-state index contributed by atoms with van der Waals surface area (Å²) in [4.78, 5) is 11.7. The van der Waals surface area contributed by atoms with Crippen molar-refractivity contribution in [3.63, 3.8) is 0 Å². The molecule has 0 unspecified atom stereocenters. The van der Waals surface area contributed by atoms with E-state index in [1.54, 1.807) is 0 Å². The molecule has 0 spiro atoms. The van der Waals surface area contributed by atoms with Crippen molar-refractivity contribution in [2.45, 2.75) is 79.4 Å². The molecule has 0 heterocycles. The van der Waals surface area contributed by atoms with Gasteiger partial charge < -0.3 is 10.1 Å². The largest absolute Gasteiger partial charge is 0.459 e. The van der Waals surface area contributed by atoms with Gasteiger partial charge in [0.1, 0.15) is 5.60 Å². The normalized spacial score (nSPS) is 23.1. The van der Waals surface area contributed by atoms with Crippen LogP contribution in [0.2, 0.25) is 0 Å². The van der Waals surface area contributed by atoms with Crippen LogP contribution in [-0.2, 0) is 9.53 Å². The van der Waals surface area contributed by atoms with Crippen molar-refractivity contribution in [1.29, 1.82) is 0 Å². The maximum Gasteiger partial charge on any atom is 0.320 e. The number of ether oxygens (including phenoxy) is 1. The molecule has 112 valence electrons. The molecule has 0 aliphatic heterocycles. The van der Waals surface area contributed by atoms with Gasteiger partial charge >= 0.3 is 5.97 Å². The first kappa shape index (κ1) is 16.5. The van der Waals surface area contributed by atoms with Crippen LogP contribution in [0.3, 0.4) is 0 Å². The molecule has 0 aromatic carbocycles. The SMILES string of the molecule is CC1(C)CC(NCC(=O)OC(C)(C)C)CC(C)(C)C1. The maximum absolute atomic E-state index is 11.7. The zero-order chi connectivity index (χ0) is 14.9. The van der Waals surface area contributed by atoms with Crippen molar-refractivity contribution in [2.24, 2.45) is 10.8 Å². The topological polar surface area (TPSA) is 38.3 Å².